The fourth-order valence-electron chi connectivity index (χ4n) is 1.40. The SMILES string of the molecule is COc1ccc2sc(C(=O)C(F)(F)F)cc2c1. The number of ether oxygens (including phenoxy) is 1. The van der Waals surface area contributed by atoms with E-state index in [2.05, 4.69) is 0 Å². The minimum absolute atomic E-state index is 0.305. The first-order chi connectivity index (χ1) is 7.91. The molecule has 2 aromatic rings. The number of fused-ring (bicyclic) bond motifs is 1. The second-order valence-corrected chi connectivity index (χ2v) is 4.43. The lowest BCUT2D eigenvalue weighted by molar-refractivity contribution is -0.0882. The number of alkyl halides is 3. The number of hydrogen-bond donors (Lipinski definition) is 0. The third-order valence-corrected chi connectivity index (χ3v) is 3.32. The van der Waals surface area contributed by atoms with Crippen LogP contribution < -0.4 is 4.74 Å². The third-order valence-electron chi connectivity index (χ3n) is 2.20. The van der Waals surface area contributed by atoms with E-state index < -0.39 is 12.0 Å². The smallest absolute Gasteiger partial charge is 0.455 e. The van der Waals surface area contributed by atoms with E-state index in [1.165, 1.54) is 13.2 Å². The average Bonchev–Trinajstić information content (AvgIpc) is 2.68. The molecule has 1 heterocycles. The first-order valence-electron chi connectivity index (χ1n) is 4.61. The van der Waals surface area contributed by atoms with Crippen molar-refractivity contribution < 1.29 is 22.7 Å². The van der Waals surface area contributed by atoms with Crippen LogP contribution in [-0.4, -0.2) is 19.1 Å². The van der Waals surface area contributed by atoms with Crippen molar-refractivity contribution in [3.63, 3.8) is 0 Å². The molecule has 0 spiro atoms. The van der Waals surface area contributed by atoms with Gasteiger partial charge in [0, 0.05) is 4.70 Å². The van der Waals surface area contributed by atoms with Crippen molar-refractivity contribution in [2.75, 3.05) is 7.11 Å². The largest absolute Gasteiger partial charge is 0.497 e. The van der Waals surface area contributed by atoms with Crippen LogP contribution in [0.4, 0.5) is 13.2 Å². The fourth-order valence-corrected chi connectivity index (χ4v) is 2.40. The minimum atomic E-state index is -4.83. The highest BCUT2D eigenvalue weighted by atomic mass is 32.1. The number of benzene rings is 1. The first-order valence-corrected chi connectivity index (χ1v) is 5.42. The van der Waals surface area contributed by atoms with Gasteiger partial charge in [-0.05, 0) is 29.7 Å². The van der Waals surface area contributed by atoms with Gasteiger partial charge in [-0.25, -0.2) is 0 Å². The molecule has 90 valence electrons. The predicted molar refractivity (Wildman–Crippen MR) is 58.8 cm³/mol. The number of Topliss-reactive ketones (excluding diaryl/α,β-unsaturated/α-hetero) is 1. The van der Waals surface area contributed by atoms with Gasteiger partial charge in [-0.3, -0.25) is 4.79 Å². The molecule has 0 atom stereocenters. The highest BCUT2D eigenvalue weighted by Gasteiger charge is 2.40. The van der Waals surface area contributed by atoms with Crippen molar-refractivity contribution in [3.8, 4) is 5.75 Å². The van der Waals surface area contributed by atoms with Crippen LogP contribution in [0.3, 0.4) is 0 Å². The third kappa shape index (κ3) is 2.26. The molecule has 0 amide bonds. The first kappa shape index (κ1) is 11.9. The molecule has 0 bridgehead atoms. The van der Waals surface area contributed by atoms with Gasteiger partial charge in [0.1, 0.15) is 5.75 Å². The molecular formula is C11H7F3O2S. The van der Waals surface area contributed by atoms with E-state index in [0.717, 1.165) is 11.3 Å². The molecule has 1 aromatic heterocycles. The summed E-state index contributed by atoms with van der Waals surface area (Å²) in [7, 11) is 1.47. The zero-order valence-electron chi connectivity index (χ0n) is 8.67. The van der Waals surface area contributed by atoms with Crippen LogP contribution in [0, 0.1) is 0 Å². The number of carbonyl (C=O) groups is 1. The number of carbonyl (C=O) groups excluding carboxylic acids is 1. The molecule has 17 heavy (non-hydrogen) atoms. The number of rotatable bonds is 2. The predicted octanol–water partition coefficient (Wildman–Crippen LogP) is 3.65. The van der Waals surface area contributed by atoms with Gasteiger partial charge in [0.25, 0.3) is 5.78 Å². The standard InChI is InChI=1S/C11H7F3O2S/c1-16-7-2-3-8-6(4-7)5-9(17-8)10(15)11(12,13)14/h2-5H,1H3. The molecule has 0 N–H and O–H groups in total. The Morgan fingerprint density at radius 2 is 2.00 bits per heavy atom. The van der Waals surface area contributed by atoms with Crippen LogP contribution in [0.25, 0.3) is 10.1 Å². The Labute approximate surface area is 98.6 Å². The van der Waals surface area contributed by atoms with E-state index >= 15 is 0 Å². The summed E-state index contributed by atoms with van der Waals surface area (Å²) in [6, 6.07) is 6.10. The molecule has 0 saturated carbocycles. The lowest BCUT2D eigenvalue weighted by Crippen LogP contribution is -2.21. The van der Waals surface area contributed by atoms with Crippen LogP contribution in [0.1, 0.15) is 9.67 Å². The van der Waals surface area contributed by atoms with Gasteiger partial charge in [0.15, 0.2) is 0 Å². The molecule has 0 saturated heterocycles. The van der Waals surface area contributed by atoms with Gasteiger partial charge >= 0.3 is 6.18 Å². The topological polar surface area (TPSA) is 26.3 Å². The molecule has 6 heteroatoms. The zero-order valence-corrected chi connectivity index (χ0v) is 9.48. The molecule has 0 radical (unpaired) electrons. The summed E-state index contributed by atoms with van der Waals surface area (Å²) in [4.78, 5) is 10.7. The van der Waals surface area contributed by atoms with Gasteiger partial charge < -0.3 is 4.74 Å². The second-order valence-electron chi connectivity index (χ2n) is 3.34. The molecule has 0 unspecified atom stereocenters. The summed E-state index contributed by atoms with van der Waals surface area (Å²) in [6.45, 7) is 0. The monoisotopic (exact) mass is 260 g/mol. The Hall–Kier alpha value is -1.56. The number of halogens is 3. The van der Waals surface area contributed by atoms with Crippen molar-refractivity contribution in [3.05, 3.63) is 29.1 Å². The molecule has 0 fully saturated rings. The number of ketones is 1. The molecule has 0 aliphatic heterocycles. The number of thiophene rings is 1. The Balaban J connectivity index is 2.48. The van der Waals surface area contributed by atoms with Crippen molar-refractivity contribution in [1.29, 1.82) is 0 Å². The average molecular weight is 260 g/mol. The summed E-state index contributed by atoms with van der Waals surface area (Å²) in [5.74, 6) is -1.26. The molecule has 0 aliphatic carbocycles. The van der Waals surface area contributed by atoms with E-state index in [0.29, 0.717) is 15.8 Å². The van der Waals surface area contributed by atoms with Crippen molar-refractivity contribution in [2.24, 2.45) is 0 Å². The second kappa shape index (κ2) is 4.03. The van der Waals surface area contributed by atoms with Gasteiger partial charge in [-0.15, -0.1) is 11.3 Å². The molecule has 2 nitrogen and oxygen atoms in total. The van der Waals surface area contributed by atoms with Crippen LogP contribution in [0.2, 0.25) is 0 Å². The Morgan fingerprint density at radius 1 is 1.29 bits per heavy atom. The highest BCUT2D eigenvalue weighted by molar-refractivity contribution is 7.20. The lowest BCUT2D eigenvalue weighted by atomic mass is 10.2. The van der Waals surface area contributed by atoms with E-state index in [4.69, 9.17) is 4.74 Å². The molecule has 0 aliphatic rings. The van der Waals surface area contributed by atoms with Gasteiger partial charge in [-0.2, -0.15) is 13.2 Å². The summed E-state index contributed by atoms with van der Waals surface area (Å²) >= 11 is 0.826. The molecule has 2 rings (SSSR count). The lowest BCUT2D eigenvalue weighted by Gasteiger charge is -2.00. The van der Waals surface area contributed by atoms with E-state index in [1.54, 1.807) is 18.2 Å². The molecule has 1 aromatic carbocycles. The van der Waals surface area contributed by atoms with Crippen molar-refractivity contribution in [1.82, 2.24) is 0 Å². The van der Waals surface area contributed by atoms with Crippen LogP contribution in [0.15, 0.2) is 24.3 Å². The Bertz CT molecular complexity index is 572. The zero-order chi connectivity index (χ0) is 12.6. The summed E-state index contributed by atoms with van der Waals surface area (Å²) in [5.41, 5.74) is 0. The van der Waals surface area contributed by atoms with Gasteiger partial charge in [-0.1, -0.05) is 0 Å². The summed E-state index contributed by atoms with van der Waals surface area (Å²) in [5, 5.41) is 0.571. The molecular weight excluding hydrogens is 253 g/mol. The van der Waals surface area contributed by atoms with Crippen LogP contribution in [0.5, 0.6) is 5.75 Å². The maximum absolute atomic E-state index is 12.2. The maximum Gasteiger partial charge on any atom is 0.455 e. The highest BCUT2D eigenvalue weighted by Crippen LogP contribution is 2.32. The Morgan fingerprint density at radius 3 is 2.59 bits per heavy atom. The fraction of sp³-hybridized carbons (Fsp3) is 0.182. The van der Waals surface area contributed by atoms with Crippen LogP contribution in [-0.2, 0) is 0 Å². The summed E-state index contributed by atoms with van der Waals surface area (Å²) < 4.78 is 42.3. The van der Waals surface area contributed by atoms with E-state index in [-0.39, 0.29) is 4.88 Å². The van der Waals surface area contributed by atoms with Crippen LogP contribution >= 0.6 is 11.3 Å². The van der Waals surface area contributed by atoms with E-state index in [1.807, 2.05) is 0 Å². The van der Waals surface area contributed by atoms with Gasteiger partial charge in [0.05, 0.1) is 12.0 Å². The number of methoxy groups -OCH3 is 1. The quantitative estimate of drug-likeness (QED) is 0.770. The van der Waals surface area contributed by atoms with Gasteiger partial charge in [0.2, 0.25) is 0 Å². The Kier molecular flexibility index (Phi) is 2.82. The van der Waals surface area contributed by atoms with Crippen molar-refractivity contribution >= 4 is 27.2 Å². The van der Waals surface area contributed by atoms with Crippen molar-refractivity contribution in [2.45, 2.75) is 6.18 Å². The maximum atomic E-state index is 12.2. The minimum Gasteiger partial charge on any atom is -0.497 e. The summed E-state index contributed by atoms with van der Waals surface area (Å²) in [6.07, 6.45) is -4.83. The van der Waals surface area contributed by atoms with E-state index in [9.17, 15) is 18.0 Å². The number of hydrogen-bond acceptors (Lipinski definition) is 3. The normalized spacial score (nSPS) is 11.8.